The van der Waals surface area contributed by atoms with Crippen molar-refractivity contribution in [2.75, 3.05) is 10.8 Å². The van der Waals surface area contributed by atoms with Crippen molar-refractivity contribution >= 4 is 62.3 Å². The van der Waals surface area contributed by atoms with Crippen molar-refractivity contribution in [2.24, 2.45) is 0 Å². The first-order valence-corrected chi connectivity index (χ1v) is 14.3. The molecule has 0 saturated carbocycles. The van der Waals surface area contributed by atoms with Crippen LogP contribution in [0.2, 0.25) is 15.1 Å². The Hall–Kier alpha value is -2.78. The Morgan fingerprint density at radius 2 is 1.47 bits per heavy atom. The summed E-state index contributed by atoms with van der Waals surface area (Å²) in [5.41, 5.74) is 0.792. The normalized spacial score (nSPS) is 12.2. The number of sulfonamides is 1. The number of hydrogen-bond donors (Lipinski definition) is 1. The lowest BCUT2D eigenvalue weighted by molar-refractivity contribution is -0.139. The van der Waals surface area contributed by atoms with Gasteiger partial charge in [0.15, 0.2) is 0 Å². The van der Waals surface area contributed by atoms with Crippen LogP contribution < -0.4 is 9.62 Å². The van der Waals surface area contributed by atoms with Crippen LogP contribution in [0.25, 0.3) is 0 Å². The van der Waals surface area contributed by atoms with Gasteiger partial charge in [0, 0.05) is 27.7 Å². The van der Waals surface area contributed by atoms with E-state index < -0.39 is 28.5 Å². The molecule has 1 N–H and O–H groups in total. The maximum absolute atomic E-state index is 13.8. The van der Waals surface area contributed by atoms with Gasteiger partial charge < -0.3 is 10.2 Å². The van der Waals surface area contributed by atoms with Crippen LogP contribution in [0.1, 0.15) is 26.3 Å². The molecule has 202 valence electrons. The highest BCUT2D eigenvalue weighted by molar-refractivity contribution is 7.92. The van der Waals surface area contributed by atoms with Gasteiger partial charge in [-0.1, -0.05) is 65.1 Å². The van der Waals surface area contributed by atoms with Crippen molar-refractivity contribution in [2.45, 2.75) is 44.3 Å². The van der Waals surface area contributed by atoms with E-state index in [1.54, 1.807) is 49.4 Å². The molecule has 0 radical (unpaired) electrons. The zero-order valence-electron chi connectivity index (χ0n) is 21.1. The quantitative estimate of drug-likeness (QED) is 0.321. The summed E-state index contributed by atoms with van der Waals surface area (Å²) in [5, 5.41) is 3.68. The Morgan fingerprint density at radius 1 is 0.842 bits per heavy atom. The SMILES string of the molecule is CC(C)NC(=O)[C@@H](C)N(Cc1cccc(Cl)c1)C(=O)CN(c1cc(Cl)cc(Cl)c1)S(=O)(=O)c1ccccc1. The lowest BCUT2D eigenvalue weighted by Crippen LogP contribution is -2.52. The number of carbonyl (C=O) groups is 2. The molecule has 0 aliphatic heterocycles. The van der Waals surface area contributed by atoms with Crippen molar-refractivity contribution in [3.8, 4) is 0 Å². The van der Waals surface area contributed by atoms with E-state index >= 15 is 0 Å². The average Bonchev–Trinajstić information content (AvgIpc) is 2.84. The summed E-state index contributed by atoms with van der Waals surface area (Å²) in [7, 11) is -4.21. The maximum Gasteiger partial charge on any atom is 0.264 e. The number of benzene rings is 3. The Morgan fingerprint density at radius 3 is 2.05 bits per heavy atom. The number of halogens is 3. The van der Waals surface area contributed by atoms with E-state index in [0.29, 0.717) is 10.6 Å². The number of amides is 2. The first-order valence-electron chi connectivity index (χ1n) is 11.8. The zero-order chi connectivity index (χ0) is 28.0. The van der Waals surface area contributed by atoms with E-state index in [1.807, 2.05) is 13.8 Å². The third-order valence-electron chi connectivity index (χ3n) is 5.59. The van der Waals surface area contributed by atoms with E-state index in [-0.39, 0.29) is 39.1 Å². The van der Waals surface area contributed by atoms with Crippen LogP contribution in [-0.2, 0) is 26.2 Å². The molecule has 2 amide bonds. The molecule has 7 nitrogen and oxygen atoms in total. The summed E-state index contributed by atoms with van der Waals surface area (Å²) >= 11 is 18.5. The predicted molar refractivity (Wildman–Crippen MR) is 152 cm³/mol. The molecule has 3 rings (SSSR count). The molecule has 0 spiro atoms. The van der Waals surface area contributed by atoms with Gasteiger partial charge in [0.1, 0.15) is 12.6 Å². The van der Waals surface area contributed by atoms with Crippen molar-refractivity contribution in [1.82, 2.24) is 10.2 Å². The second-order valence-corrected chi connectivity index (χ2v) is 12.1. The summed E-state index contributed by atoms with van der Waals surface area (Å²) in [6, 6.07) is 17.8. The smallest absolute Gasteiger partial charge is 0.264 e. The molecular formula is C27H28Cl3N3O4S. The number of nitrogens with one attached hydrogen (secondary N) is 1. The molecule has 3 aromatic carbocycles. The minimum absolute atomic E-state index is 0.0177. The highest BCUT2D eigenvalue weighted by Gasteiger charge is 2.33. The van der Waals surface area contributed by atoms with Crippen LogP contribution in [-0.4, -0.2) is 43.8 Å². The van der Waals surface area contributed by atoms with Gasteiger partial charge in [0.05, 0.1) is 10.6 Å². The number of rotatable bonds is 10. The predicted octanol–water partition coefficient (Wildman–Crippen LogP) is 5.78. The Labute approximate surface area is 238 Å². The summed E-state index contributed by atoms with van der Waals surface area (Å²) < 4.78 is 28.4. The number of anilines is 1. The molecular weight excluding hydrogens is 569 g/mol. The van der Waals surface area contributed by atoms with Crippen LogP contribution in [0.5, 0.6) is 0 Å². The second-order valence-electron chi connectivity index (χ2n) is 8.94. The van der Waals surface area contributed by atoms with Crippen molar-refractivity contribution in [3.05, 3.63) is 93.4 Å². The van der Waals surface area contributed by atoms with Crippen LogP contribution in [0.4, 0.5) is 5.69 Å². The fraction of sp³-hybridized carbons (Fsp3) is 0.259. The number of hydrogen-bond acceptors (Lipinski definition) is 4. The monoisotopic (exact) mass is 595 g/mol. The summed E-state index contributed by atoms with van der Waals surface area (Å²) in [6.07, 6.45) is 0. The lowest BCUT2D eigenvalue weighted by atomic mass is 10.1. The number of carbonyl (C=O) groups excluding carboxylic acids is 2. The molecule has 0 unspecified atom stereocenters. The van der Waals surface area contributed by atoms with Gasteiger partial charge in [-0.25, -0.2) is 8.42 Å². The van der Waals surface area contributed by atoms with Crippen molar-refractivity contribution in [3.63, 3.8) is 0 Å². The zero-order valence-corrected chi connectivity index (χ0v) is 24.2. The fourth-order valence-electron chi connectivity index (χ4n) is 3.75. The van der Waals surface area contributed by atoms with Gasteiger partial charge in [-0.3, -0.25) is 13.9 Å². The highest BCUT2D eigenvalue weighted by Crippen LogP contribution is 2.30. The summed E-state index contributed by atoms with van der Waals surface area (Å²) in [5.74, 6) is -0.981. The minimum atomic E-state index is -4.21. The van der Waals surface area contributed by atoms with Gasteiger partial charge in [-0.05, 0) is 68.8 Å². The Kier molecular flexibility index (Phi) is 10.1. The van der Waals surface area contributed by atoms with Gasteiger partial charge in [0.2, 0.25) is 11.8 Å². The van der Waals surface area contributed by atoms with Gasteiger partial charge >= 0.3 is 0 Å². The van der Waals surface area contributed by atoms with Gasteiger partial charge in [-0.2, -0.15) is 0 Å². The third kappa shape index (κ3) is 7.63. The van der Waals surface area contributed by atoms with E-state index in [1.165, 1.54) is 35.2 Å². The standard InChI is InChI=1S/C27H28Cl3N3O4S/c1-18(2)31-27(35)19(3)32(16-20-8-7-9-21(28)12-20)26(34)17-33(24-14-22(29)13-23(30)15-24)38(36,37)25-10-5-4-6-11-25/h4-15,18-19H,16-17H2,1-3H3,(H,31,35)/t19-/m1/s1. The van der Waals surface area contributed by atoms with E-state index in [4.69, 9.17) is 34.8 Å². The van der Waals surface area contributed by atoms with Crippen molar-refractivity contribution < 1.29 is 18.0 Å². The van der Waals surface area contributed by atoms with Gasteiger partial charge in [0.25, 0.3) is 10.0 Å². The van der Waals surface area contributed by atoms with E-state index in [9.17, 15) is 18.0 Å². The maximum atomic E-state index is 13.8. The van der Waals surface area contributed by atoms with Gasteiger partial charge in [-0.15, -0.1) is 0 Å². The Balaban J connectivity index is 2.06. The third-order valence-corrected chi connectivity index (χ3v) is 8.05. The largest absolute Gasteiger partial charge is 0.352 e. The molecule has 0 aliphatic carbocycles. The highest BCUT2D eigenvalue weighted by atomic mass is 35.5. The fourth-order valence-corrected chi connectivity index (χ4v) is 5.90. The van der Waals surface area contributed by atoms with Crippen LogP contribution in [0.15, 0.2) is 77.7 Å². The van der Waals surface area contributed by atoms with E-state index in [2.05, 4.69) is 5.32 Å². The van der Waals surface area contributed by atoms with Crippen LogP contribution in [0, 0.1) is 0 Å². The molecule has 0 saturated heterocycles. The second kappa shape index (κ2) is 12.8. The molecule has 1 atom stereocenters. The molecule has 0 bridgehead atoms. The van der Waals surface area contributed by atoms with Crippen LogP contribution >= 0.6 is 34.8 Å². The summed E-state index contributed by atoms with van der Waals surface area (Å²) in [4.78, 5) is 28.1. The average molecular weight is 597 g/mol. The molecule has 0 aliphatic rings. The number of nitrogens with zero attached hydrogens (tertiary/aromatic N) is 2. The minimum Gasteiger partial charge on any atom is -0.352 e. The van der Waals surface area contributed by atoms with Crippen molar-refractivity contribution in [1.29, 1.82) is 0 Å². The Bertz CT molecular complexity index is 1380. The molecule has 0 heterocycles. The summed E-state index contributed by atoms with van der Waals surface area (Å²) in [6.45, 7) is 4.64. The lowest BCUT2D eigenvalue weighted by Gasteiger charge is -2.32. The molecule has 0 aromatic heterocycles. The van der Waals surface area contributed by atoms with Crippen LogP contribution in [0.3, 0.4) is 0 Å². The topological polar surface area (TPSA) is 86.8 Å². The van der Waals surface area contributed by atoms with E-state index in [0.717, 1.165) is 4.31 Å². The molecule has 3 aromatic rings. The molecule has 11 heteroatoms. The molecule has 0 fully saturated rings. The molecule has 38 heavy (non-hydrogen) atoms. The first kappa shape index (κ1) is 29.8. The first-order chi connectivity index (χ1) is 17.9.